The Morgan fingerprint density at radius 1 is 1.08 bits per heavy atom. The van der Waals surface area contributed by atoms with Crippen molar-refractivity contribution in [1.29, 1.82) is 0 Å². The van der Waals surface area contributed by atoms with E-state index in [0.29, 0.717) is 23.8 Å². The van der Waals surface area contributed by atoms with Gasteiger partial charge in [0.1, 0.15) is 5.82 Å². The number of rotatable bonds is 3. The number of anilines is 1. The molecular formula is C18H19ClN4O2. The third kappa shape index (κ3) is 3.39. The van der Waals surface area contributed by atoms with Gasteiger partial charge in [-0.15, -0.1) is 5.10 Å². The number of carbonyl (C=O) groups is 1. The van der Waals surface area contributed by atoms with Gasteiger partial charge in [0.05, 0.1) is 5.69 Å². The molecule has 0 radical (unpaired) electrons. The zero-order valence-electron chi connectivity index (χ0n) is 13.8. The molecule has 130 valence electrons. The fourth-order valence-electron chi connectivity index (χ4n) is 3.11. The molecule has 2 fully saturated rings. The Morgan fingerprint density at radius 2 is 1.84 bits per heavy atom. The van der Waals surface area contributed by atoms with Gasteiger partial charge in [0.25, 0.3) is 5.56 Å². The third-order valence-electron chi connectivity index (χ3n) is 4.68. The van der Waals surface area contributed by atoms with Gasteiger partial charge in [-0.05, 0) is 37.1 Å². The summed E-state index contributed by atoms with van der Waals surface area (Å²) in [5.74, 6) is 1.28. The summed E-state index contributed by atoms with van der Waals surface area (Å²) in [5.41, 5.74) is 0.440. The zero-order valence-corrected chi connectivity index (χ0v) is 14.5. The van der Waals surface area contributed by atoms with E-state index >= 15 is 0 Å². The number of nitrogens with zero attached hydrogens (tertiary/aromatic N) is 4. The van der Waals surface area contributed by atoms with Crippen LogP contribution in [0.3, 0.4) is 0 Å². The first-order chi connectivity index (χ1) is 12.1. The van der Waals surface area contributed by atoms with E-state index in [4.69, 9.17) is 11.6 Å². The van der Waals surface area contributed by atoms with E-state index in [1.165, 1.54) is 10.7 Å². The van der Waals surface area contributed by atoms with Crippen LogP contribution in [0.15, 0.2) is 41.2 Å². The van der Waals surface area contributed by atoms with Crippen molar-refractivity contribution >= 4 is 23.3 Å². The average Bonchev–Trinajstić information content (AvgIpc) is 3.47. The lowest BCUT2D eigenvalue weighted by Crippen LogP contribution is -2.49. The predicted molar refractivity (Wildman–Crippen MR) is 96.4 cm³/mol. The maximum Gasteiger partial charge on any atom is 0.271 e. The van der Waals surface area contributed by atoms with Crippen molar-refractivity contribution in [3.8, 4) is 5.69 Å². The molecule has 1 aliphatic carbocycles. The molecule has 0 bridgehead atoms. The van der Waals surface area contributed by atoms with Gasteiger partial charge in [-0.2, -0.15) is 4.68 Å². The minimum atomic E-state index is -0.200. The summed E-state index contributed by atoms with van der Waals surface area (Å²) in [7, 11) is 0. The van der Waals surface area contributed by atoms with Crippen LogP contribution in [0.4, 0.5) is 5.82 Å². The second-order valence-corrected chi connectivity index (χ2v) is 6.94. The molecule has 4 rings (SSSR count). The molecule has 1 saturated carbocycles. The molecule has 0 unspecified atom stereocenters. The molecule has 1 aromatic carbocycles. The fraction of sp³-hybridized carbons (Fsp3) is 0.389. The molecule has 0 atom stereocenters. The molecule has 2 heterocycles. The highest BCUT2D eigenvalue weighted by molar-refractivity contribution is 6.30. The highest BCUT2D eigenvalue weighted by Crippen LogP contribution is 2.31. The van der Waals surface area contributed by atoms with Crippen LogP contribution in [0.25, 0.3) is 5.69 Å². The van der Waals surface area contributed by atoms with E-state index in [1.54, 1.807) is 30.3 Å². The summed E-state index contributed by atoms with van der Waals surface area (Å²) < 4.78 is 1.36. The van der Waals surface area contributed by atoms with Crippen LogP contribution in [0.2, 0.25) is 5.02 Å². The minimum Gasteiger partial charge on any atom is -0.352 e. The second kappa shape index (κ2) is 6.52. The zero-order chi connectivity index (χ0) is 17.4. The summed E-state index contributed by atoms with van der Waals surface area (Å²) >= 11 is 6.02. The van der Waals surface area contributed by atoms with Crippen LogP contribution < -0.4 is 10.5 Å². The summed E-state index contributed by atoms with van der Waals surface area (Å²) in [6, 6.07) is 10.3. The highest BCUT2D eigenvalue weighted by atomic mass is 35.5. The van der Waals surface area contributed by atoms with Crippen LogP contribution in [-0.2, 0) is 4.79 Å². The van der Waals surface area contributed by atoms with E-state index in [1.807, 2.05) is 4.90 Å². The molecule has 1 aliphatic heterocycles. The van der Waals surface area contributed by atoms with E-state index in [-0.39, 0.29) is 17.4 Å². The number of hydrogen-bond acceptors (Lipinski definition) is 4. The van der Waals surface area contributed by atoms with Crippen LogP contribution in [0.5, 0.6) is 0 Å². The van der Waals surface area contributed by atoms with Crippen LogP contribution in [0.1, 0.15) is 12.8 Å². The number of carbonyl (C=O) groups excluding carboxylic acids is 1. The molecule has 2 aliphatic rings. The molecule has 1 aromatic heterocycles. The number of aromatic nitrogens is 2. The van der Waals surface area contributed by atoms with Crippen molar-refractivity contribution in [2.45, 2.75) is 12.8 Å². The van der Waals surface area contributed by atoms with Crippen molar-refractivity contribution in [3.05, 3.63) is 51.8 Å². The van der Waals surface area contributed by atoms with Crippen molar-refractivity contribution < 1.29 is 4.79 Å². The summed E-state index contributed by atoms with van der Waals surface area (Å²) in [5, 5.41) is 5.05. The largest absolute Gasteiger partial charge is 0.352 e. The first-order valence-electron chi connectivity index (χ1n) is 8.52. The van der Waals surface area contributed by atoms with Crippen molar-refractivity contribution in [2.75, 3.05) is 31.1 Å². The molecule has 1 amide bonds. The minimum absolute atomic E-state index is 0.200. The molecule has 0 N–H and O–H groups in total. The molecule has 6 nitrogen and oxygen atoms in total. The monoisotopic (exact) mass is 358 g/mol. The Morgan fingerprint density at radius 3 is 2.52 bits per heavy atom. The van der Waals surface area contributed by atoms with E-state index < -0.39 is 0 Å². The smallest absolute Gasteiger partial charge is 0.271 e. The van der Waals surface area contributed by atoms with Crippen LogP contribution in [-0.4, -0.2) is 46.8 Å². The number of piperazine rings is 1. The van der Waals surface area contributed by atoms with Gasteiger partial charge in [-0.25, -0.2) is 0 Å². The Labute approximate surface area is 150 Å². The summed E-state index contributed by atoms with van der Waals surface area (Å²) in [4.78, 5) is 28.4. The Hall–Kier alpha value is -2.34. The molecular weight excluding hydrogens is 340 g/mol. The maximum atomic E-state index is 12.2. The Bertz CT molecular complexity index is 854. The lowest BCUT2D eigenvalue weighted by atomic mass is 10.2. The first kappa shape index (κ1) is 16.1. The topological polar surface area (TPSA) is 58.4 Å². The second-order valence-electron chi connectivity index (χ2n) is 6.51. The lowest BCUT2D eigenvalue weighted by Gasteiger charge is -2.35. The Balaban J connectivity index is 1.53. The molecule has 7 heteroatoms. The van der Waals surface area contributed by atoms with Gasteiger partial charge in [0.2, 0.25) is 5.91 Å². The van der Waals surface area contributed by atoms with Gasteiger partial charge >= 0.3 is 0 Å². The quantitative estimate of drug-likeness (QED) is 0.841. The predicted octanol–water partition coefficient (Wildman–Crippen LogP) is 1.94. The highest BCUT2D eigenvalue weighted by Gasteiger charge is 2.34. The number of amides is 1. The lowest BCUT2D eigenvalue weighted by molar-refractivity contribution is -0.132. The van der Waals surface area contributed by atoms with Crippen molar-refractivity contribution in [2.24, 2.45) is 5.92 Å². The summed E-state index contributed by atoms with van der Waals surface area (Å²) in [6.07, 6.45) is 2.07. The Kier molecular flexibility index (Phi) is 4.21. The molecule has 1 saturated heterocycles. The van der Waals surface area contributed by atoms with Gasteiger partial charge in [-0.3, -0.25) is 9.59 Å². The summed E-state index contributed by atoms with van der Waals surface area (Å²) in [6.45, 7) is 2.85. The van der Waals surface area contributed by atoms with Crippen molar-refractivity contribution in [3.63, 3.8) is 0 Å². The molecule has 0 spiro atoms. The fourth-order valence-corrected chi connectivity index (χ4v) is 3.29. The van der Waals surface area contributed by atoms with Crippen LogP contribution >= 0.6 is 11.6 Å². The number of hydrogen-bond donors (Lipinski definition) is 0. The van der Waals surface area contributed by atoms with Gasteiger partial charge in [0, 0.05) is 43.2 Å². The van der Waals surface area contributed by atoms with Gasteiger partial charge in [0.15, 0.2) is 0 Å². The van der Waals surface area contributed by atoms with E-state index in [9.17, 15) is 9.59 Å². The number of benzene rings is 1. The van der Waals surface area contributed by atoms with Crippen molar-refractivity contribution in [1.82, 2.24) is 14.7 Å². The normalized spacial score (nSPS) is 17.6. The van der Waals surface area contributed by atoms with E-state index in [2.05, 4.69) is 10.00 Å². The third-order valence-corrected chi connectivity index (χ3v) is 4.92. The van der Waals surface area contributed by atoms with Crippen LogP contribution in [0, 0.1) is 5.92 Å². The number of halogens is 1. The molecule has 2 aromatic rings. The molecule has 25 heavy (non-hydrogen) atoms. The maximum absolute atomic E-state index is 12.2. The van der Waals surface area contributed by atoms with E-state index in [0.717, 1.165) is 31.7 Å². The SMILES string of the molecule is O=C(C1CC1)N1CCN(c2ccc(=O)n(-c3cccc(Cl)c3)n2)CC1. The first-order valence-corrected chi connectivity index (χ1v) is 8.90. The standard InChI is InChI=1S/C18H19ClN4O2/c19-14-2-1-3-15(12-14)23-17(24)7-6-16(20-23)21-8-10-22(11-9-21)18(25)13-4-5-13/h1-3,6-7,12-13H,4-5,8-11H2. The average molecular weight is 359 g/mol. The van der Waals surface area contributed by atoms with Gasteiger partial charge < -0.3 is 9.80 Å². The van der Waals surface area contributed by atoms with Gasteiger partial charge in [-0.1, -0.05) is 17.7 Å².